The third-order valence-corrected chi connectivity index (χ3v) is 6.56. The van der Waals surface area contributed by atoms with Gasteiger partial charge in [0.1, 0.15) is 17.5 Å². The molecule has 0 radical (unpaired) electrons. The quantitative estimate of drug-likeness (QED) is 0.339. The Morgan fingerprint density at radius 3 is 2.56 bits per heavy atom. The lowest BCUT2D eigenvalue weighted by Gasteiger charge is -2.25. The van der Waals surface area contributed by atoms with Crippen LogP contribution in [0.5, 0.6) is 0 Å². The number of hydrazine groups is 1. The van der Waals surface area contributed by atoms with Crippen LogP contribution >= 0.6 is 12.2 Å². The number of aromatic nitrogens is 1. The molecule has 3 N–H and O–H groups in total. The summed E-state index contributed by atoms with van der Waals surface area (Å²) in [5.74, 6) is -1.80. The van der Waals surface area contributed by atoms with Gasteiger partial charge in [-0.05, 0) is 23.8 Å². The van der Waals surface area contributed by atoms with Crippen molar-refractivity contribution in [3.05, 3.63) is 53.4 Å². The summed E-state index contributed by atoms with van der Waals surface area (Å²) in [6.07, 6.45) is -4.93. The highest BCUT2D eigenvalue weighted by Gasteiger charge is 2.34. The van der Waals surface area contributed by atoms with Gasteiger partial charge in [0.05, 0.1) is 32.4 Å². The predicted octanol–water partition coefficient (Wildman–Crippen LogP) is 2.76. The molecule has 0 aliphatic carbocycles. The van der Waals surface area contributed by atoms with Gasteiger partial charge in [0.15, 0.2) is 11.6 Å². The molecular weight excluding hydrogens is 577 g/mol. The number of ether oxygens (including phenoxy) is 2. The molecular formula is C24H26F5N7O4S. The summed E-state index contributed by atoms with van der Waals surface area (Å²) >= 11 is 4.88. The van der Waals surface area contributed by atoms with Crippen molar-refractivity contribution in [3.63, 3.8) is 0 Å². The minimum Gasteiger partial charge on any atom is -0.474 e. The summed E-state index contributed by atoms with van der Waals surface area (Å²) in [6.45, 7) is 0.528. The molecule has 0 bridgehead atoms. The van der Waals surface area contributed by atoms with Crippen molar-refractivity contribution in [1.82, 2.24) is 26.1 Å². The summed E-state index contributed by atoms with van der Waals surface area (Å²) in [5, 5.41) is 6.64. The van der Waals surface area contributed by atoms with E-state index in [4.69, 9.17) is 21.7 Å². The van der Waals surface area contributed by atoms with Crippen molar-refractivity contribution in [2.24, 2.45) is 0 Å². The maximum atomic E-state index is 15.2. The van der Waals surface area contributed by atoms with Crippen molar-refractivity contribution in [3.8, 4) is 0 Å². The van der Waals surface area contributed by atoms with Crippen molar-refractivity contribution >= 4 is 40.9 Å². The molecule has 1 aromatic carbocycles. The van der Waals surface area contributed by atoms with Crippen LogP contribution < -0.4 is 25.9 Å². The minimum absolute atomic E-state index is 0.0164. The zero-order valence-corrected chi connectivity index (χ0v) is 22.5. The molecule has 0 saturated carbocycles. The van der Waals surface area contributed by atoms with E-state index in [9.17, 15) is 22.8 Å². The van der Waals surface area contributed by atoms with E-state index in [1.807, 2.05) is 0 Å². The molecule has 2 fully saturated rings. The van der Waals surface area contributed by atoms with E-state index in [2.05, 4.69) is 21.0 Å². The number of hydrogen-bond acceptors (Lipinski definition) is 8. The van der Waals surface area contributed by atoms with Crippen molar-refractivity contribution in [2.75, 3.05) is 56.2 Å². The van der Waals surface area contributed by atoms with Gasteiger partial charge >= 0.3 is 18.3 Å². The highest BCUT2D eigenvalue weighted by molar-refractivity contribution is 7.80. The van der Waals surface area contributed by atoms with E-state index in [-0.39, 0.29) is 62.4 Å². The average Bonchev–Trinajstić information content (AvgIpc) is 3.13. The molecule has 1 atom stereocenters. The highest BCUT2D eigenvalue weighted by Crippen LogP contribution is 2.31. The number of benzene rings is 1. The van der Waals surface area contributed by atoms with E-state index in [0.29, 0.717) is 5.56 Å². The number of thiocarbonyl (C=S) groups is 1. The largest absolute Gasteiger partial charge is 0.474 e. The van der Waals surface area contributed by atoms with Gasteiger partial charge in [0, 0.05) is 44.5 Å². The molecule has 0 unspecified atom stereocenters. The van der Waals surface area contributed by atoms with Crippen LogP contribution in [0.2, 0.25) is 0 Å². The molecule has 3 amide bonds. The van der Waals surface area contributed by atoms with Crippen LogP contribution in [0.1, 0.15) is 11.3 Å². The van der Waals surface area contributed by atoms with Gasteiger partial charge in [-0.1, -0.05) is 6.07 Å². The first kappa shape index (κ1) is 30.0. The van der Waals surface area contributed by atoms with Crippen LogP contribution in [0.25, 0.3) is 0 Å². The van der Waals surface area contributed by atoms with Gasteiger partial charge < -0.3 is 25.0 Å². The van der Waals surface area contributed by atoms with Crippen molar-refractivity contribution in [1.29, 1.82) is 0 Å². The first-order valence-corrected chi connectivity index (χ1v) is 12.7. The number of alkyl halides is 3. The number of rotatable bonds is 6. The molecule has 0 spiro atoms. The van der Waals surface area contributed by atoms with Gasteiger partial charge in [-0.15, -0.1) is 0 Å². The Kier molecular flexibility index (Phi) is 9.27. The van der Waals surface area contributed by atoms with Gasteiger partial charge in [0.2, 0.25) is 0 Å². The Bertz CT molecular complexity index is 1260. The molecule has 2 aliphatic rings. The lowest BCUT2D eigenvalue weighted by molar-refractivity contribution is -0.141. The predicted molar refractivity (Wildman–Crippen MR) is 140 cm³/mol. The van der Waals surface area contributed by atoms with E-state index >= 15 is 8.78 Å². The number of pyridine rings is 1. The highest BCUT2D eigenvalue weighted by atomic mass is 32.1. The average molecular weight is 604 g/mol. The maximum Gasteiger partial charge on any atom is 0.433 e. The van der Waals surface area contributed by atoms with Crippen LogP contribution in [0.15, 0.2) is 30.5 Å². The number of carbonyl (C=O) groups is 2. The Morgan fingerprint density at radius 1 is 1.20 bits per heavy atom. The van der Waals surface area contributed by atoms with Gasteiger partial charge in [-0.3, -0.25) is 14.9 Å². The molecule has 2 saturated heterocycles. The number of hydrogen-bond donors (Lipinski definition) is 3. The molecule has 222 valence electrons. The minimum atomic E-state index is -4.57. The second kappa shape index (κ2) is 12.7. The number of cyclic esters (lactones) is 1. The summed E-state index contributed by atoms with van der Waals surface area (Å²) in [7, 11) is 1.38. The number of nitrogens with zero attached hydrogens (tertiary/aromatic N) is 4. The number of anilines is 2. The zero-order valence-electron chi connectivity index (χ0n) is 21.6. The van der Waals surface area contributed by atoms with Gasteiger partial charge in [-0.2, -0.15) is 13.2 Å². The number of halogens is 5. The SMILES string of the molecule is COC(=S)NC[C@H]1CN(c2cc(F)c(N3CCNN(C(=O)NCc4ccc(C(F)(F)F)nc4)CC3)c(F)c2)C(=O)O1. The Balaban J connectivity index is 1.34. The van der Waals surface area contributed by atoms with E-state index in [1.54, 1.807) is 0 Å². The molecule has 1 aromatic heterocycles. The zero-order chi connectivity index (χ0) is 29.7. The molecule has 2 aromatic rings. The Labute approximate surface area is 236 Å². The van der Waals surface area contributed by atoms with Crippen LogP contribution in [-0.2, 0) is 22.2 Å². The standard InChI is InChI=1S/C24H26F5N7O4S/c1-39-22(41)32-12-16-13-35(23(38)40-16)15-8-17(25)20(18(26)9-15)34-5-4-33-36(7-6-34)21(37)31-11-14-2-3-19(30-10-14)24(27,28)29/h2-3,8-10,16,33H,4-7,11-13H2,1H3,(H,31,37)(H,32,41)/t16-/m0/s1. The van der Waals surface area contributed by atoms with Crippen molar-refractivity contribution in [2.45, 2.75) is 18.8 Å². The number of carbonyl (C=O) groups excluding carboxylic acids is 2. The Hall–Kier alpha value is -3.99. The lowest BCUT2D eigenvalue weighted by Crippen LogP contribution is -2.48. The molecule has 4 rings (SSSR count). The van der Waals surface area contributed by atoms with Crippen LogP contribution in [0.4, 0.5) is 42.9 Å². The summed E-state index contributed by atoms with van der Waals surface area (Å²) in [4.78, 5) is 30.8. The van der Waals surface area contributed by atoms with Gasteiger partial charge in [0.25, 0.3) is 5.17 Å². The maximum absolute atomic E-state index is 15.2. The fourth-order valence-corrected chi connectivity index (χ4v) is 4.30. The number of nitrogens with one attached hydrogen (secondary N) is 3. The number of amides is 3. The third kappa shape index (κ3) is 7.40. The summed E-state index contributed by atoms with van der Waals surface area (Å²) in [5.41, 5.74) is 1.84. The van der Waals surface area contributed by atoms with E-state index < -0.39 is 41.7 Å². The lowest BCUT2D eigenvalue weighted by atomic mass is 10.2. The first-order chi connectivity index (χ1) is 19.5. The van der Waals surface area contributed by atoms with Crippen LogP contribution in [0, 0.1) is 11.6 Å². The Morgan fingerprint density at radius 2 is 1.93 bits per heavy atom. The smallest absolute Gasteiger partial charge is 0.433 e. The molecule has 11 nitrogen and oxygen atoms in total. The third-order valence-electron chi connectivity index (χ3n) is 6.25. The molecule has 41 heavy (non-hydrogen) atoms. The van der Waals surface area contributed by atoms with Gasteiger partial charge in [-0.25, -0.2) is 23.8 Å². The molecule has 17 heteroatoms. The number of urea groups is 1. The molecule has 2 aliphatic heterocycles. The summed E-state index contributed by atoms with van der Waals surface area (Å²) in [6, 6.07) is 3.52. The first-order valence-electron chi connectivity index (χ1n) is 12.3. The van der Waals surface area contributed by atoms with E-state index in [0.717, 1.165) is 29.3 Å². The van der Waals surface area contributed by atoms with Crippen LogP contribution in [-0.4, -0.2) is 79.8 Å². The summed E-state index contributed by atoms with van der Waals surface area (Å²) < 4.78 is 78.4. The monoisotopic (exact) mass is 603 g/mol. The second-order valence-corrected chi connectivity index (χ2v) is 9.37. The van der Waals surface area contributed by atoms with Crippen molar-refractivity contribution < 1.29 is 41.0 Å². The number of methoxy groups -OCH3 is 1. The van der Waals surface area contributed by atoms with Crippen LogP contribution in [0.3, 0.4) is 0 Å². The normalized spacial score (nSPS) is 17.7. The van der Waals surface area contributed by atoms with E-state index in [1.165, 1.54) is 23.1 Å². The fourth-order valence-electron chi connectivity index (χ4n) is 4.22. The second-order valence-electron chi connectivity index (χ2n) is 9.00. The topological polar surface area (TPSA) is 111 Å². The molecule has 3 heterocycles. The fraction of sp³-hybridized carbons (Fsp3) is 0.417.